The van der Waals surface area contributed by atoms with Crippen molar-refractivity contribution in [2.45, 2.75) is 13.0 Å². The number of carbonyl (C=O) groups excluding carboxylic acids is 2. The van der Waals surface area contributed by atoms with Crippen LogP contribution in [0, 0.1) is 0 Å². The molecular formula is C18H16N2O3S2. The Morgan fingerprint density at radius 2 is 1.96 bits per heavy atom. The van der Waals surface area contributed by atoms with Gasteiger partial charge >= 0.3 is 5.97 Å². The molecule has 0 spiro atoms. The van der Waals surface area contributed by atoms with Gasteiger partial charge in [0.05, 0.1) is 10.9 Å². The number of nitrogens with one attached hydrogen (secondary N) is 1. The number of aromatic nitrogens is 1. The summed E-state index contributed by atoms with van der Waals surface area (Å²) in [6, 6.07) is 13.3. The largest absolute Gasteiger partial charge is 0.451 e. The van der Waals surface area contributed by atoms with Gasteiger partial charge in [0.2, 0.25) is 0 Å². The number of thiophene rings is 1. The predicted octanol–water partition coefficient (Wildman–Crippen LogP) is 3.91. The van der Waals surface area contributed by atoms with E-state index >= 15 is 0 Å². The molecule has 0 fully saturated rings. The molecule has 1 N–H and O–H groups in total. The summed E-state index contributed by atoms with van der Waals surface area (Å²) in [5.74, 6) is -0.944. The number of ether oxygens (including phenoxy) is 1. The monoisotopic (exact) mass is 372 g/mol. The van der Waals surface area contributed by atoms with E-state index in [4.69, 9.17) is 4.74 Å². The Labute approximate surface area is 153 Å². The van der Waals surface area contributed by atoms with E-state index in [-0.39, 0.29) is 24.2 Å². The van der Waals surface area contributed by atoms with Crippen molar-refractivity contribution in [1.82, 2.24) is 10.3 Å². The number of carbonyl (C=O) groups is 2. The molecule has 0 bridgehead atoms. The molecule has 7 heteroatoms. The summed E-state index contributed by atoms with van der Waals surface area (Å²) in [5, 5.41) is 7.16. The molecule has 25 heavy (non-hydrogen) atoms. The first-order chi connectivity index (χ1) is 12.1. The zero-order valence-corrected chi connectivity index (χ0v) is 15.1. The van der Waals surface area contributed by atoms with Crippen molar-refractivity contribution in [1.29, 1.82) is 0 Å². The Morgan fingerprint density at radius 1 is 1.16 bits per heavy atom. The number of nitrogens with zero attached hydrogens (tertiary/aromatic N) is 1. The molecule has 0 radical (unpaired) electrons. The second-order valence-corrected chi connectivity index (χ2v) is 7.10. The van der Waals surface area contributed by atoms with Gasteiger partial charge in [0, 0.05) is 5.38 Å². The van der Waals surface area contributed by atoms with Gasteiger partial charge in [-0.25, -0.2) is 9.78 Å². The summed E-state index contributed by atoms with van der Waals surface area (Å²) in [5.41, 5.74) is 1.21. The summed E-state index contributed by atoms with van der Waals surface area (Å²) >= 11 is 2.93. The highest BCUT2D eigenvalue weighted by atomic mass is 32.1. The Balaban J connectivity index is 1.51. The number of hydrogen-bond donors (Lipinski definition) is 1. The van der Waals surface area contributed by atoms with Crippen molar-refractivity contribution >= 4 is 34.6 Å². The van der Waals surface area contributed by atoms with Crippen LogP contribution in [0.5, 0.6) is 0 Å². The minimum absolute atomic E-state index is 0.155. The Hall–Kier alpha value is -2.51. The number of rotatable bonds is 6. The quantitative estimate of drug-likeness (QED) is 0.666. The van der Waals surface area contributed by atoms with Crippen molar-refractivity contribution in [3.05, 3.63) is 64.5 Å². The van der Waals surface area contributed by atoms with Crippen molar-refractivity contribution in [2.24, 2.45) is 0 Å². The first kappa shape index (κ1) is 17.3. The van der Waals surface area contributed by atoms with Gasteiger partial charge in [-0.1, -0.05) is 36.4 Å². The first-order valence-corrected chi connectivity index (χ1v) is 9.40. The molecule has 2 aromatic heterocycles. The van der Waals surface area contributed by atoms with Gasteiger partial charge in [-0.05, 0) is 23.9 Å². The molecule has 3 aromatic rings. The van der Waals surface area contributed by atoms with Crippen LogP contribution in [0.1, 0.15) is 29.0 Å². The SMILES string of the molecule is CC(NC(=O)COC(=O)c1csc(-c2cccs2)n1)c1ccccc1. The fraction of sp³-hybridized carbons (Fsp3) is 0.167. The molecule has 1 aromatic carbocycles. The Kier molecular flexibility index (Phi) is 5.57. The Morgan fingerprint density at radius 3 is 2.68 bits per heavy atom. The summed E-state index contributed by atoms with van der Waals surface area (Å²) in [6.07, 6.45) is 0. The lowest BCUT2D eigenvalue weighted by atomic mass is 10.1. The van der Waals surface area contributed by atoms with E-state index in [1.54, 1.807) is 16.7 Å². The highest BCUT2D eigenvalue weighted by molar-refractivity contribution is 7.20. The number of hydrogen-bond acceptors (Lipinski definition) is 6. The highest BCUT2D eigenvalue weighted by Gasteiger charge is 2.16. The van der Waals surface area contributed by atoms with E-state index in [0.717, 1.165) is 15.4 Å². The van der Waals surface area contributed by atoms with Crippen LogP contribution in [-0.4, -0.2) is 23.5 Å². The van der Waals surface area contributed by atoms with Crippen LogP contribution in [-0.2, 0) is 9.53 Å². The normalized spacial score (nSPS) is 11.7. The minimum atomic E-state index is -0.596. The summed E-state index contributed by atoms with van der Waals surface area (Å²) in [7, 11) is 0. The third-order valence-electron chi connectivity index (χ3n) is 3.46. The van der Waals surface area contributed by atoms with Crippen molar-refractivity contribution in [2.75, 3.05) is 6.61 Å². The zero-order valence-electron chi connectivity index (χ0n) is 13.5. The lowest BCUT2D eigenvalue weighted by molar-refractivity contribution is -0.124. The molecule has 1 atom stereocenters. The smallest absolute Gasteiger partial charge is 0.358 e. The van der Waals surface area contributed by atoms with E-state index in [9.17, 15) is 9.59 Å². The average molecular weight is 372 g/mol. The fourth-order valence-electron chi connectivity index (χ4n) is 2.19. The van der Waals surface area contributed by atoms with E-state index in [1.807, 2.05) is 54.8 Å². The maximum Gasteiger partial charge on any atom is 0.358 e. The van der Waals surface area contributed by atoms with Crippen LogP contribution in [0.3, 0.4) is 0 Å². The van der Waals surface area contributed by atoms with Gasteiger partial charge in [0.25, 0.3) is 5.91 Å². The van der Waals surface area contributed by atoms with Gasteiger partial charge in [0.15, 0.2) is 12.3 Å². The third-order valence-corrected chi connectivity index (χ3v) is 5.34. The second kappa shape index (κ2) is 8.04. The molecule has 3 rings (SSSR count). The van der Waals surface area contributed by atoms with Crippen LogP contribution in [0.15, 0.2) is 53.2 Å². The van der Waals surface area contributed by atoms with Gasteiger partial charge in [0.1, 0.15) is 5.01 Å². The maximum absolute atomic E-state index is 12.0. The number of esters is 1. The van der Waals surface area contributed by atoms with Crippen LogP contribution in [0.25, 0.3) is 9.88 Å². The van der Waals surface area contributed by atoms with Gasteiger partial charge < -0.3 is 10.1 Å². The molecule has 1 unspecified atom stereocenters. The standard InChI is InChI=1S/C18H16N2O3S2/c1-12(13-6-3-2-4-7-13)19-16(21)10-23-18(22)14-11-25-17(20-14)15-8-5-9-24-15/h2-9,11-12H,10H2,1H3,(H,19,21). The lowest BCUT2D eigenvalue weighted by Crippen LogP contribution is -2.31. The zero-order chi connectivity index (χ0) is 17.6. The van der Waals surface area contributed by atoms with Gasteiger partial charge in [-0.3, -0.25) is 4.79 Å². The molecule has 0 saturated carbocycles. The molecular weight excluding hydrogens is 356 g/mol. The lowest BCUT2D eigenvalue weighted by Gasteiger charge is -2.14. The average Bonchev–Trinajstić information content (AvgIpc) is 3.31. The number of amides is 1. The summed E-state index contributed by atoms with van der Waals surface area (Å²) < 4.78 is 5.05. The molecule has 0 aliphatic rings. The van der Waals surface area contributed by atoms with E-state index in [1.165, 1.54) is 11.3 Å². The highest BCUT2D eigenvalue weighted by Crippen LogP contribution is 2.27. The van der Waals surface area contributed by atoms with Crippen LogP contribution in [0.4, 0.5) is 0 Å². The van der Waals surface area contributed by atoms with E-state index in [2.05, 4.69) is 10.3 Å². The minimum Gasteiger partial charge on any atom is -0.451 e. The molecule has 0 aliphatic carbocycles. The fourth-order valence-corrected chi connectivity index (χ4v) is 3.80. The van der Waals surface area contributed by atoms with Gasteiger partial charge in [-0.2, -0.15) is 0 Å². The molecule has 128 valence electrons. The first-order valence-electron chi connectivity index (χ1n) is 7.64. The van der Waals surface area contributed by atoms with E-state index in [0.29, 0.717) is 0 Å². The maximum atomic E-state index is 12.0. The third kappa shape index (κ3) is 4.52. The van der Waals surface area contributed by atoms with E-state index < -0.39 is 5.97 Å². The molecule has 0 aliphatic heterocycles. The molecule has 5 nitrogen and oxygen atoms in total. The van der Waals surface area contributed by atoms with Crippen molar-refractivity contribution < 1.29 is 14.3 Å². The summed E-state index contributed by atoms with van der Waals surface area (Å²) in [6.45, 7) is 1.55. The second-order valence-electron chi connectivity index (χ2n) is 5.29. The number of benzene rings is 1. The summed E-state index contributed by atoms with van der Waals surface area (Å²) in [4.78, 5) is 29.2. The number of thiazole rings is 1. The van der Waals surface area contributed by atoms with Crippen molar-refractivity contribution in [3.8, 4) is 9.88 Å². The molecule has 2 heterocycles. The van der Waals surface area contributed by atoms with Crippen molar-refractivity contribution in [3.63, 3.8) is 0 Å². The van der Waals surface area contributed by atoms with Gasteiger partial charge in [-0.15, -0.1) is 22.7 Å². The predicted molar refractivity (Wildman–Crippen MR) is 98.7 cm³/mol. The van der Waals surface area contributed by atoms with Crippen LogP contribution >= 0.6 is 22.7 Å². The molecule has 1 amide bonds. The van der Waals surface area contributed by atoms with Crippen LogP contribution in [0.2, 0.25) is 0 Å². The molecule has 0 saturated heterocycles. The Bertz CT molecular complexity index is 844. The van der Waals surface area contributed by atoms with Crippen LogP contribution < -0.4 is 5.32 Å². The topological polar surface area (TPSA) is 68.3 Å².